The SMILES string of the molecule is O=C(Nc1cccc2ccccc12)OCCn1nnnc1C(c1ccccc1)N1CCOCC1. The van der Waals surface area contributed by atoms with Crippen LogP contribution in [-0.4, -0.2) is 64.1 Å². The number of carbonyl (C=O) groups is 1. The molecule has 0 bridgehead atoms. The minimum Gasteiger partial charge on any atom is -0.447 e. The summed E-state index contributed by atoms with van der Waals surface area (Å²) in [5.74, 6) is 0.714. The van der Waals surface area contributed by atoms with Gasteiger partial charge in [0.2, 0.25) is 0 Å². The number of nitrogens with one attached hydrogen (secondary N) is 1. The second kappa shape index (κ2) is 10.4. The number of anilines is 1. The summed E-state index contributed by atoms with van der Waals surface area (Å²) in [5.41, 5.74) is 1.82. The van der Waals surface area contributed by atoms with Gasteiger partial charge >= 0.3 is 6.09 Å². The number of fused-ring (bicyclic) bond motifs is 1. The van der Waals surface area contributed by atoms with Gasteiger partial charge in [0.15, 0.2) is 5.82 Å². The fourth-order valence-corrected chi connectivity index (χ4v) is 4.27. The van der Waals surface area contributed by atoms with E-state index in [0.29, 0.717) is 31.3 Å². The third kappa shape index (κ3) is 4.90. The van der Waals surface area contributed by atoms with Crippen molar-refractivity contribution in [1.29, 1.82) is 0 Å². The maximum absolute atomic E-state index is 12.5. The highest BCUT2D eigenvalue weighted by Gasteiger charge is 2.29. The summed E-state index contributed by atoms with van der Waals surface area (Å²) in [5, 5.41) is 17.3. The Bertz CT molecular complexity index is 1230. The second-order valence-corrected chi connectivity index (χ2v) is 8.01. The number of carbonyl (C=O) groups excluding carboxylic acids is 1. The van der Waals surface area contributed by atoms with Crippen molar-refractivity contribution in [2.45, 2.75) is 12.6 Å². The van der Waals surface area contributed by atoms with Crippen LogP contribution < -0.4 is 5.32 Å². The summed E-state index contributed by atoms with van der Waals surface area (Å²) in [7, 11) is 0. The number of amides is 1. The lowest BCUT2D eigenvalue weighted by atomic mass is 10.0. The van der Waals surface area contributed by atoms with Crippen LogP contribution in [0.15, 0.2) is 72.8 Å². The second-order valence-electron chi connectivity index (χ2n) is 8.01. The predicted octanol–water partition coefficient (Wildman–Crippen LogP) is 3.50. The van der Waals surface area contributed by atoms with Crippen LogP contribution in [0.5, 0.6) is 0 Å². The molecule has 9 nitrogen and oxygen atoms in total. The quantitative estimate of drug-likeness (QED) is 0.453. The lowest BCUT2D eigenvalue weighted by Crippen LogP contribution is -2.40. The van der Waals surface area contributed by atoms with Crippen LogP contribution in [0, 0.1) is 0 Å². The molecule has 0 spiro atoms. The van der Waals surface area contributed by atoms with E-state index in [9.17, 15) is 4.79 Å². The Morgan fingerprint density at radius 1 is 1.00 bits per heavy atom. The van der Waals surface area contributed by atoms with Gasteiger partial charge < -0.3 is 9.47 Å². The molecule has 4 aromatic rings. The minimum absolute atomic E-state index is 0.107. The number of hydrogen-bond acceptors (Lipinski definition) is 7. The highest BCUT2D eigenvalue weighted by atomic mass is 16.5. The van der Waals surface area contributed by atoms with Crippen LogP contribution in [-0.2, 0) is 16.0 Å². The first-order valence-corrected chi connectivity index (χ1v) is 11.3. The molecule has 0 radical (unpaired) electrons. The molecule has 9 heteroatoms. The number of ether oxygens (including phenoxy) is 2. The molecule has 1 aromatic heterocycles. The van der Waals surface area contributed by atoms with E-state index < -0.39 is 6.09 Å². The predicted molar refractivity (Wildman–Crippen MR) is 127 cm³/mol. The number of benzene rings is 3. The van der Waals surface area contributed by atoms with Gasteiger partial charge in [-0.05, 0) is 27.4 Å². The highest BCUT2D eigenvalue weighted by Crippen LogP contribution is 2.27. The smallest absolute Gasteiger partial charge is 0.411 e. The van der Waals surface area contributed by atoms with Gasteiger partial charge in [-0.2, -0.15) is 0 Å². The zero-order valence-corrected chi connectivity index (χ0v) is 18.7. The number of nitrogens with zero attached hydrogens (tertiary/aromatic N) is 5. The Balaban J connectivity index is 1.26. The van der Waals surface area contributed by atoms with Crippen molar-refractivity contribution in [2.24, 2.45) is 0 Å². The Labute approximate surface area is 197 Å². The molecule has 3 aromatic carbocycles. The van der Waals surface area contributed by atoms with Gasteiger partial charge in [-0.1, -0.05) is 66.7 Å². The monoisotopic (exact) mass is 458 g/mol. The van der Waals surface area contributed by atoms with E-state index in [2.05, 4.69) is 37.9 Å². The summed E-state index contributed by atoms with van der Waals surface area (Å²) < 4.78 is 12.7. The van der Waals surface area contributed by atoms with E-state index in [1.165, 1.54) is 0 Å². The average Bonchev–Trinajstić information content (AvgIpc) is 3.34. The van der Waals surface area contributed by atoms with Gasteiger partial charge in [-0.15, -0.1) is 5.10 Å². The van der Waals surface area contributed by atoms with Crippen molar-refractivity contribution < 1.29 is 14.3 Å². The van der Waals surface area contributed by atoms with E-state index in [1.54, 1.807) is 4.68 Å². The standard InChI is InChI=1S/C25H26N6O3/c32-25(26-22-12-6-10-19-7-4-5-11-21(19)22)34-18-15-31-24(27-28-29-31)23(20-8-2-1-3-9-20)30-13-16-33-17-14-30/h1-12,23H,13-18H2,(H,26,32). The van der Waals surface area contributed by atoms with E-state index in [4.69, 9.17) is 9.47 Å². The first kappa shape index (κ1) is 22.0. The van der Waals surface area contributed by atoms with Crippen molar-refractivity contribution in [3.05, 3.63) is 84.2 Å². The molecule has 0 aliphatic carbocycles. The van der Waals surface area contributed by atoms with Crippen molar-refractivity contribution in [3.63, 3.8) is 0 Å². The van der Waals surface area contributed by atoms with Crippen LogP contribution in [0.3, 0.4) is 0 Å². The molecule has 1 aliphatic rings. The van der Waals surface area contributed by atoms with Crippen molar-refractivity contribution >= 4 is 22.6 Å². The number of rotatable bonds is 7. The van der Waals surface area contributed by atoms with Gasteiger partial charge in [0.1, 0.15) is 6.61 Å². The Kier molecular flexibility index (Phi) is 6.73. The maximum Gasteiger partial charge on any atom is 0.411 e. The lowest BCUT2D eigenvalue weighted by Gasteiger charge is -2.33. The topological polar surface area (TPSA) is 94.4 Å². The normalized spacial score (nSPS) is 15.2. The molecule has 1 amide bonds. The summed E-state index contributed by atoms with van der Waals surface area (Å²) in [4.78, 5) is 14.8. The van der Waals surface area contributed by atoms with Crippen LogP contribution in [0.1, 0.15) is 17.4 Å². The molecule has 34 heavy (non-hydrogen) atoms. The zero-order valence-electron chi connectivity index (χ0n) is 18.7. The molecular formula is C25H26N6O3. The van der Waals surface area contributed by atoms with Gasteiger partial charge in [0.25, 0.3) is 0 Å². The molecule has 1 aliphatic heterocycles. The summed E-state index contributed by atoms with van der Waals surface area (Å²) in [6, 6.07) is 23.7. The number of hydrogen-bond donors (Lipinski definition) is 1. The molecule has 2 heterocycles. The highest BCUT2D eigenvalue weighted by molar-refractivity contribution is 6.00. The average molecular weight is 459 g/mol. The first-order chi connectivity index (χ1) is 16.8. The van der Waals surface area contributed by atoms with E-state index in [0.717, 1.165) is 29.4 Å². The molecule has 174 valence electrons. The molecular weight excluding hydrogens is 432 g/mol. The van der Waals surface area contributed by atoms with Gasteiger partial charge in [-0.25, -0.2) is 9.48 Å². The van der Waals surface area contributed by atoms with Crippen LogP contribution in [0.4, 0.5) is 10.5 Å². The van der Waals surface area contributed by atoms with Gasteiger partial charge in [0.05, 0.1) is 31.5 Å². The number of tetrazole rings is 1. The third-order valence-corrected chi connectivity index (χ3v) is 5.89. The van der Waals surface area contributed by atoms with Gasteiger partial charge in [0, 0.05) is 18.5 Å². The molecule has 0 saturated carbocycles. The van der Waals surface area contributed by atoms with Crippen LogP contribution in [0.25, 0.3) is 10.8 Å². The molecule has 1 unspecified atom stereocenters. The maximum atomic E-state index is 12.5. The minimum atomic E-state index is -0.515. The molecule has 1 saturated heterocycles. The Morgan fingerprint density at radius 3 is 2.62 bits per heavy atom. The summed E-state index contributed by atoms with van der Waals surface area (Å²) in [6.45, 7) is 3.40. The van der Waals surface area contributed by atoms with E-state index in [-0.39, 0.29) is 12.6 Å². The van der Waals surface area contributed by atoms with Crippen molar-refractivity contribution in [3.8, 4) is 0 Å². The van der Waals surface area contributed by atoms with Crippen molar-refractivity contribution in [1.82, 2.24) is 25.1 Å². The third-order valence-electron chi connectivity index (χ3n) is 5.89. The molecule has 5 rings (SSSR count). The zero-order chi connectivity index (χ0) is 23.2. The van der Waals surface area contributed by atoms with Crippen molar-refractivity contribution in [2.75, 3.05) is 38.2 Å². The first-order valence-electron chi connectivity index (χ1n) is 11.3. The largest absolute Gasteiger partial charge is 0.447 e. The Hall–Kier alpha value is -3.82. The number of aromatic nitrogens is 4. The van der Waals surface area contributed by atoms with Crippen LogP contribution in [0.2, 0.25) is 0 Å². The lowest BCUT2D eigenvalue weighted by molar-refractivity contribution is 0.0214. The molecule has 1 N–H and O–H groups in total. The van der Waals surface area contributed by atoms with Crippen LogP contribution >= 0.6 is 0 Å². The van der Waals surface area contributed by atoms with E-state index in [1.807, 2.05) is 60.7 Å². The molecule has 1 fully saturated rings. The Morgan fingerprint density at radius 2 is 1.76 bits per heavy atom. The summed E-state index contributed by atoms with van der Waals surface area (Å²) in [6.07, 6.45) is -0.515. The van der Waals surface area contributed by atoms with Gasteiger partial charge in [-0.3, -0.25) is 10.2 Å². The fraction of sp³-hybridized carbons (Fsp3) is 0.280. The fourth-order valence-electron chi connectivity index (χ4n) is 4.27. The summed E-state index contributed by atoms with van der Waals surface area (Å²) >= 11 is 0. The molecule has 1 atom stereocenters. The van der Waals surface area contributed by atoms with E-state index >= 15 is 0 Å². The number of morpholine rings is 1.